The van der Waals surface area contributed by atoms with Gasteiger partial charge in [0.05, 0.1) is 13.7 Å². The van der Waals surface area contributed by atoms with Crippen LogP contribution >= 0.6 is 0 Å². The summed E-state index contributed by atoms with van der Waals surface area (Å²) in [6, 6.07) is 14.7. The smallest absolute Gasteiger partial charge is 0.333 e. The molecule has 124 valence electrons. The third-order valence-corrected chi connectivity index (χ3v) is 3.86. The van der Waals surface area contributed by atoms with Crippen LogP contribution < -0.4 is 10.1 Å². The van der Waals surface area contributed by atoms with Crippen molar-refractivity contribution >= 4 is 22.6 Å². The first-order chi connectivity index (χ1) is 11.7. The van der Waals surface area contributed by atoms with E-state index in [1.54, 1.807) is 14.0 Å². The fourth-order valence-electron chi connectivity index (χ4n) is 2.68. The van der Waals surface area contributed by atoms with Crippen LogP contribution in [0.1, 0.15) is 18.5 Å². The molecule has 0 aliphatic carbocycles. The first-order valence-electron chi connectivity index (χ1n) is 7.86. The number of methoxy groups -OCH3 is 1. The Hall–Kier alpha value is -2.95. The van der Waals surface area contributed by atoms with Gasteiger partial charge in [-0.25, -0.2) is 4.79 Å². The van der Waals surface area contributed by atoms with Crippen LogP contribution in [0.25, 0.3) is 10.9 Å². The summed E-state index contributed by atoms with van der Waals surface area (Å²) in [5.74, 6) is 0.457. The van der Waals surface area contributed by atoms with Gasteiger partial charge in [-0.15, -0.1) is 0 Å². The Morgan fingerprint density at radius 2 is 1.92 bits per heavy atom. The molecule has 1 aromatic heterocycles. The molecule has 0 saturated heterocycles. The van der Waals surface area contributed by atoms with Crippen LogP contribution in [0, 0.1) is 0 Å². The van der Waals surface area contributed by atoms with Gasteiger partial charge in [0.25, 0.3) is 0 Å². The van der Waals surface area contributed by atoms with E-state index in [-0.39, 0.29) is 5.97 Å². The lowest BCUT2D eigenvalue weighted by Crippen LogP contribution is -2.23. The fourth-order valence-corrected chi connectivity index (χ4v) is 2.68. The minimum absolute atomic E-state index is 0.307. The molecule has 0 aliphatic heterocycles. The Bertz CT molecular complexity index is 824. The van der Waals surface area contributed by atoms with E-state index in [1.165, 1.54) is 0 Å². The number of carbonyl (C=O) groups is 1. The lowest BCUT2D eigenvalue weighted by atomic mass is 10.1. The second-order valence-electron chi connectivity index (χ2n) is 5.35. The molecule has 3 aromatic rings. The molecular formula is C19H20N2O3. The lowest BCUT2D eigenvalue weighted by molar-refractivity contribution is -0.144. The highest BCUT2D eigenvalue weighted by Crippen LogP contribution is 2.28. The van der Waals surface area contributed by atoms with Crippen LogP contribution in [0.3, 0.4) is 0 Å². The summed E-state index contributed by atoms with van der Waals surface area (Å²) >= 11 is 0. The minimum Gasteiger partial charge on any atom is -0.497 e. The van der Waals surface area contributed by atoms with E-state index in [9.17, 15) is 4.79 Å². The van der Waals surface area contributed by atoms with Crippen molar-refractivity contribution in [2.45, 2.75) is 13.0 Å². The molecule has 0 aliphatic rings. The monoisotopic (exact) mass is 324 g/mol. The number of para-hydroxylation sites is 1. The molecule has 1 atom stereocenters. The molecule has 1 heterocycles. The van der Waals surface area contributed by atoms with Crippen molar-refractivity contribution in [2.24, 2.45) is 0 Å². The molecule has 5 nitrogen and oxygen atoms in total. The van der Waals surface area contributed by atoms with Crippen LogP contribution in [-0.4, -0.2) is 24.7 Å². The van der Waals surface area contributed by atoms with Gasteiger partial charge >= 0.3 is 5.97 Å². The van der Waals surface area contributed by atoms with E-state index >= 15 is 0 Å². The highest BCUT2D eigenvalue weighted by Gasteiger charge is 2.24. The van der Waals surface area contributed by atoms with Gasteiger partial charge in [0, 0.05) is 28.4 Å². The number of ether oxygens (including phenoxy) is 2. The summed E-state index contributed by atoms with van der Waals surface area (Å²) < 4.78 is 10.4. The number of aromatic amines is 1. The highest BCUT2D eigenvalue weighted by molar-refractivity contribution is 5.91. The van der Waals surface area contributed by atoms with Crippen LogP contribution in [0.2, 0.25) is 0 Å². The Morgan fingerprint density at radius 1 is 1.17 bits per heavy atom. The van der Waals surface area contributed by atoms with Crippen molar-refractivity contribution in [3.8, 4) is 5.75 Å². The predicted octanol–water partition coefficient (Wildman–Crippen LogP) is 3.89. The van der Waals surface area contributed by atoms with E-state index < -0.39 is 6.04 Å². The SMILES string of the molecule is CCOC(=O)[C@@H](Nc1ccc(OC)cc1)c1c[nH]c2ccccc12. The molecule has 0 radical (unpaired) electrons. The number of aromatic nitrogens is 1. The molecule has 2 aromatic carbocycles. The maximum absolute atomic E-state index is 12.5. The fraction of sp³-hybridized carbons (Fsp3) is 0.211. The first-order valence-corrected chi connectivity index (χ1v) is 7.86. The quantitative estimate of drug-likeness (QED) is 0.675. The molecule has 0 fully saturated rings. The number of H-pyrrole nitrogens is 1. The zero-order valence-corrected chi connectivity index (χ0v) is 13.7. The summed E-state index contributed by atoms with van der Waals surface area (Å²) in [5, 5.41) is 4.26. The average Bonchev–Trinajstić information content (AvgIpc) is 3.04. The molecule has 0 amide bonds. The Balaban J connectivity index is 1.95. The van der Waals surface area contributed by atoms with Crippen molar-refractivity contribution in [2.75, 3.05) is 19.0 Å². The van der Waals surface area contributed by atoms with Crippen LogP contribution in [0.5, 0.6) is 5.75 Å². The second kappa shape index (κ2) is 7.08. The summed E-state index contributed by atoms with van der Waals surface area (Å²) in [4.78, 5) is 15.7. The summed E-state index contributed by atoms with van der Waals surface area (Å²) in [6.45, 7) is 2.14. The number of nitrogens with one attached hydrogen (secondary N) is 2. The minimum atomic E-state index is -0.588. The molecule has 0 bridgehead atoms. The Labute approximate surface area is 140 Å². The van der Waals surface area contributed by atoms with Gasteiger partial charge in [-0.1, -0.05) is 18.2 Å². The number of benzene rings is 2. The number of hydrogen-bond acceptors (Lipinski definition) is 4. The Kier molecular flexibility index (Phi) is 4.70. The van der Waals surface area contributed by atoms with Crippen molar-refractivity contribution in [1.29, 1.82) is 0 Å². The van der Waals surface area contributed by atoms with Crippen molar-refractivity contribution < 1.29 is 14.3 Å². The number of hydrogen-bond donors (Lipinski definition) is 2. The molecule has 5 heteroatoms. The average molecular weight is 324 g/mol. The topological polar surface area (TPSA) is 63.4 Å². The molecule has 0 saturated carbocycles. The van der Waals surface area contributed by atoms with Gasteiger partial charge in [-0.05, 0) is 37.3 Å². The highest BCUT2D eigenvalue weighted by atomic mass is 16.5. The van der Waals surface area contributed by atoms with Gasteiger partial charge in [0.1, 0.15) is 5.75 Å². The summed E-state index contributed by atoms with van der Waals surface area (Å²) in [7, 11) is 1.62. The third-order valence-electron chi connectivity index (χ3n) is 3.86. The summed E-state index contributed by atoms with van der Waals surface area (Å²) in [6.07, 6.45) is 1.85. The number of carbonyl (C=O) groups excluding carboxylic acids is 1. The van der Waals surface area contributed by atoms with Crippen LogP contribution in [0.4, 0.5) is 5.69 Å². The maximum atomic E-state index is 12.5. The van der Waals surface area contributed by atoms with Gasteiger partial charge in [0.2, 0.25) is 0 Å². The van der Waals surface area contributed by atoms with E-state index in [0.717, 1.165) is 27.9 Å². The standard InChI is InChI=1S/C19H20N2O3/c1-3-24-19(22)18(21-13-8-10-14(23-2)11-9-13)16-12-20-17-7-5-4-6-15(16)17/h4-12,18,20-21H,3H2,1-2H3/t18-/m0/s1. The molecule has 3 rings (SSSR count). The normalized spacial score (nSPS) is 11.9. The van der Waals surface area contributed by atoms with E-state index in [2.05, 4.69) is 10.3 Å². The first kappa shape index (κ1) is 15.9. The van der Waals surface area contributed by atoms with E-state index in [1.807, 2.05) is 54.7 Å². The van der Waals surface area contributed by atoms with E-state index in [4.69, 9.17) is 9.47 Å². The maximum Gasteiger partial charge on any atom is 0.333 e. The van der Waals surface area contributed by atoms with Gasteiger partial charge in [-0.3, -0.25) is 0 Å². The van der Waals surface area contributed by atoms with Crippen LogP contribution in [-0.2, 0) is 9.53 Å². The number of esters is 1. The van der Waals surface area contributed by atoms with Crippen molar-refractivity contribution in [1.82, 2.24) is 4.98 Å². The van der Waals surface area contributed by atoms with Gasteiger partial charge in [0.15, 0.2) is 6.04 Å². The zero-order chi connectivity index (χ0) is 16.9. The van der Waals surface area contributed by atoms with Crippen molar-refractivity contribution in [3.05, 3.63) is 60.3 Å². The van der Waals surface area contributed by atoms with Crippen molar-refractivity contribution in [3.63, 3.8) is 0 Å². The van der Waals surface area contributed by atoms with E-state index in [0.29, 0.717) is 6.61 Å². The summed E-state index contributed by atoms with van der Waals surface area (Å²) in [5.41, 5.74) is 2.66. The lowest BCUT2D eigenvalue weighted by Gasteiger charge is -2.18. The van der Waals surface area contributed by atoms with Gasteiger partial charge in [-0.2, -0.15) is 0 Å². The number of fused-ring (bicyclic) bond motifs is 1. The molecule has 0 spiro atoms. The molecular weight excluding hydrogens is 304 g/mol. The Morgan fingerprint density at radius 3 is 2.62 bits per heavy atom. The predicted molar refractivity (Wildman–Crippen MR) is 94.3 cm³/mol. The number of anilines is 1. The molecule has 2 N–H and O–H groups in total. The largest absolute Gasteiger partial charge is 0.497 e. The second-order valence-corrected chi connectivity index (χ2v) is 5.35. The molecule has 24 heavy (non-hydrogen) atoms. The zero-order valence-electron chi connectivity index (χ0n) is 13.7. The number of rotatable bonds is 6. The van der Waals surface area contributed by atoms with Gasteiger partial charge < -0.3 is 19.8 Å². The molecule has 0 unspecified atom stereocenters. The van der Waals surface area contributed by atoms with Crippen LogP contribution in [0.15, 0.2) is 54.7 Å². The third kappa shape index (κ3) is 3.20.